The summed E-state index contributed by atoms with van der Waals surface area (Å²) in [6, 6.07) is 22.8. The topological polar surface area (TPSA) is 89.9 Å². The molecule has 7 heteroatoms. The third-order valence-electron chi connectivity index (χ3n) is 3.92. The molecular formula is C21H18O6S. The van der Waals surface area contributed by atoms with E-state index in [9.17, 15) is 18.3 Å². The van der Waals surface area contributed by atoms with Gasteiger partial charge in [0, 0.05) is 5.56 Å². The first-order valence-electron chi connectivity index (χ1n) is 8.44. The molecule has 0 spiro atoms. The highest BCUT2D eigenvalue weighted by molar-refractivity contribution is 7.87. The lowest BCUT2D eigenvalue weighted by Gasteiger charge is -2.18. The van der Waals surface area contributed by atoms with Gasteiger partial charge in [-0.25, -0.2) is 4.79 Å². The Morgan fingerprint density at radius 1 is 0.857 bits per heavy atom. The molecule has 0 aliphatic heterocycles. The molecule has 0 saturated heterocycles. The van der Waals surface area contributed by atoms with Gasteiger partial charge in [0.1, 0.15) is 10.6 Å². The van der Waals surface area contributed by atoms with Crippen LogP contribution in [0.2, 0.25) is 0 Å². The minimum absolute atomic E-state index is 0.0260. The van der Waals surface area contributed by atoms with Crippen LogP contribution in [0.15, 0.2) is 89.8 Å². The van der Waals surface area contributed by atoms with E-state index in [1.165, 1.54) is 24.3 Å². The second-order valence-corrected chi connectivity index (χ2v) is 7.45. The van der Waals surface area contributed by atoms with E-state index in [4.69, 9.17) is 8.92 Å². The van der Waals surface area contributed by atoms with Crippen LogP contribution < -0.4 is 4.18 Å². The van der Waals surface area contributed by atoms with Gasteiger partial charge in [0.15, 0.2) is 6.10 Å². The fraction of sp³-hybridized carbons (Fsp3) is 0.0952. The van der Waals surface area contributed by atoms with E-state index < -0.39 is 22.2 Å². The lowest BCUT2D eigenvalue weighted by Crippen LogP contribution is -2.18. The van der Waals surface area contributed by atoms with Gasteiger partial charge in [-0.1, -0.05) is 66.7 Å². The molecule has 0 heterocycles. The van der Waals surface area contributed by atoms with Gasteiger partial charge in [-0.3, -0.25) is 0 Å². The maximum Gasteiger partial charge on any atom is 0.339 e. The summed E-state index contributed by atoms with van der Waals surface area (Å²) >= 11 is 0. The lowest BCUT2D eigenvalue weighted by molar-refractivity contribution is -0.151. The van der Waals surface area contributed by atoms with Crippen LogP contribution in [0.5, 0.6) is 5.75 Å². The number of aliphatic carboxylic acids is 1. The number of carbonyl (C=O) groups is 1. The fourth-order valence-electron chi connectivity index (χ4n) is 2.57. The van der Waals surface area contributed by atoms with Gasteiger partial charge in [-0.05, 0) is 23.8 Å². The molecule has 0 fully saturated rings. The average Bonchev–Trinajstić information content (AvgIpc) is 2.70. The molecule has 0 aromatic heterocycles. The van der Waals surface area contributed by atoms with Gasteiger partial charge in [-0.2, -0.15) is 8.42 Å². The number of carboxylic acid groups (broad SMARTS) is 1. The van der Waals surface area contributed by atoms with Crippen molar-refractivity contribution in [3.63, 3.8) is 0 Å². The van der Waals surface area contributed by atoms with Gasteiger partial charge >= 0.3 is 16.1 Å². The Kier molecular flexibility index (Phi) is 6.08. The van der Waals surface area contributed by atoms with Crippen LogP contribution in [0, 0.1) is 0 Å². The zero-order valence-electron chi connectivity index (χ0n) is 14.8. The highest BCUT2D eigenvalue weighted by atomic mass is 32.2. The number of benzene rings is 3. The van der Waals surface area contributed by atoms with E-state index in [2.05, 4.69) is 0 Å². The van der Waals surface area contributed by atoms with Crippen molar-refractivity contribution in [2.75, 3.05) is 0 Å². The maximum atomic E-state index is 12.5. The van der Waals surface area contributed by atoms with Crippen molar-refractivity contribution in [2.24, 2.45) is 0 Å². The van der Waals surface area contributed by atoms with Crippen molar-refractivity contribution < 1.29 is 27.2 Å². The van der Waals surface area contributed by atoms with Gasteiger partial charge in [0.2, 0.25) is 0 Å². The predicted molar refractivity (Wildman–Crippen MR) is 102 cm³/mol. The Hall–Kier alpha value is -3.16. The Labute approximate surface area is 163 Å². The summed E-state index contributed by atoms with van der Waals surface area (Å²) in [7, 11) is -4.11. The van der Waals surface area contributed by atoms with E-state index in [-0.39, 0.29) is 22.8 Å². The number of carboxylic acids is 1. The molecule has 0 bridgehead atoms. The monoisotopic (exact) mass is 398 g/mol. The molecule has 3 aromatic rings. The molecule has 3 aromatic carbocycles. The largest absolute Gasteiger partial charge is 0.479 e. The second-order valence-electron chi connectivity index (χ2n) is 5.90. The summed E-state index contributed by atoms with van der Waals surface area (Å²) < 4.78 is 35.8. The molecule has 1 N–H and O–H groups in total. The number of hydrogen-bond donors (Lipinski definition) is 1. The summed E-state index contributed by atoms with van der Waals surface area (Å²) in [5.41, 5.74) is 0.912. The van der Waals surface area contributed by atoms with Crippen molar-refractivity contribution in [2.45, 2.75) is 17.6 Å². The van der Waals surface area contributed by atoms with E-state index in [1.807, 2.05) is 18.2 Å². The molecule has 1 unspecified atom stereocenters. The highest BCUT2D eigenvalue weighted by Gasteiger charge is 2.27. The smallest absolute Gasteiger partial charge is 0.339 e. The zero-order chi connectivity index (χ0) is 20.0. The van der Waals surface area contributed by atoms with E-state index in [0.717, 1.165) is 5.56 Å². The molecule has 28 heavy (non-hydrogen) atoms. The quantitative estimate of drug-likeness (QED) is 0.581. The molecule has 144 valence electrons. The van der Waals surface area contributed by atoms with E-state index >= 15 is 0 Å². The molecule has 0 aliphatic rings. The Morgan fingerprint density at radius 3 is 2.07 bits per heavy atom. The standard InChI is InChI=1S/C21H18O6S/c22-21(23)20(26-15-16-9-3-1-4-10-16)18-13-7-8-14-19(18)27-28(24,25)17-11-5-2-6-12-17/h1-14,20H,15H2,(H,22,23). The summed E-state index contributed by atoms with van der Waals surface area (Å²) in [6.07, 6.45) is -1.39. The lowest BCUT2D eigenvalue weighted by atomic mass is 10.1. The maximum absolute atomic E-state index is 12.5. The number of ether oxygens (including phenoxy) is 1. The number of para-hydroxylation sites is 1. The zero-order valence-corrected chi connectivity index (χ0v) is 15.6. The van der Waals surface area contributed by atoms with Crippen molar-refractivity contribution in [3.05, 3.63) is 96.1 Å². The molecule has 0 amide bonds. The van der Waals surface area contributed by atoms with Gasteiger partial charge in [-0.15, -0.1) is 0 Å². The van der Waals surface area contributed by atoms with Crippen molar-refractivity contribution >= 4 is 16.1 Å². The van der Waals surface area contributed by atoms with Crippen LogP contribution in [0.3, 0.4) is 0 Å². The molecule has 0 saturated carbocycles. The Bertz CT molecular complexity index is 1030. The molecule has 0 radical (unpaired) electrons. The van der Waals surface area contributed by atoms with Crippen LogP contribution in [0.1, 0.15) is 17.2 Å². The van der Waals surface area contributed by atoms with Crippen LogP contribution in [0.4, 0.5) is 0 Å². The second kappa shape index (κ2) is 8.69. The fourth-order valence-corrected chi connectivity index (χ4v) is 3.55. The summed E-state index contributed by atoms with van der Waals surface area (Å²) in [4.78, 5) is 11.8. The minimum Gasteiger partial charge on any atom is -0.479 e. The third kappa shape index (κ3) is 4.76. The van der Waals surface area contributed by atoms with Gasteiger partial charge < -0.3 is 14.0 Å². The Morgan fingerprint density at radius 2 is 1.43 bits per heavy atom. The predicted octanol–water partition coefficient (Wildman–Crippen LogP) is 3.80. The first-order valence-corrected chi connectivity index (χ1v) is 9.85. The highest BCUT2D eigenvalue weighted by Crippen LogP contribution is 2.31. The van der Waals surface area contributed by atoms with Crippen molar-refractivity contribution in [3.8, 4) is 5.75 Å². The number of hydrogen-bond acceptors (Lipinski definition) is 5. The van der Waals surface area contributed by atoms with Crippen LogP contribution in [-0.4, -0.2) is 19.5 Å². The minimum atomic E-state index is -4.11. The molecule has 3 rings (SSSR count). The van der Waals surface area contributed by atoms with Crippen LogP contribution in [-0.2, 0) is 26.3 Å². The van der Waals surface area contributed by atoms with Crippen molar-refractivity contribution in [1.29, 1.82) is 0 Å². The van der Waals surface area contributed by atoms with E-state index in [0.29, 0.717) is 0 Å². The molecule has 6 nitrogen and oxygen atoms in total. The summed E-state index contributed by atoms with van der Waals surface area (Å²) in [6.45, 7) is 0.0532. The molecule has 0 aliphatic carbocycles. The third-order valence-corrected chi connectivity index (χ3v) is 5.17. The number of rotatable bonds is 8. The van der Waals surface area contributed by atoms with Gasteiger partial charge in [0.05, 0.1) is 6.61 Å². The average molecular weight is 398 g/mol. The normalized spacial score (nSPS) is 12.3. The Balaban J connectivity index is 1.87. The first-order chi connectivity index (χ1) is 13.5. The van der Waals surface area contributed by atoms with E-state index in [1.54, 1.807) is 42.5 Å². The molecular weight excluding hydrogens is 380 g/mol. The van der Waals surface area contributed by atoms with Gasteiger partial charge in [0.25, 0.3) is 0 Å². The molecule has 1 atom stereocenters. The van der Waals surface area contributed by atoms with Crippen molar-refractivity contribution in [1.82, 2.24) is 0 Å². The van der Waals surface area contributed by atoms with Crippen LogP contribution >= 0.6 is 0 Å². The van der Waals surface area contributed by atoms with Crippen LogP contribution in [0.25, 0.3) is 0 Å². The summed E-state index contributed by atoms with van der Waals surface area (Å²) in [5.74, 6) is -1.34. The summed E-state index contributed by atoms with van der Waals surface area (Å²) in [5, 5.41) is 9.61. The SMILES string of the molecule is O=C(O)C(OCc1ccccc1)c1ccccc1OS(=O)(=O)c1ccccc1. The first kappa shape index (κ1) is 19.6.